The van der Waals surface area contributed by atoms with Crippen molar-refractivity contribution in [1.82, 2.24) is 4.98 Å². The maximum Gasteiger partial charge on any atom is 0.269 e. The van der Waals surface area contributed by atoms with E-state index >= 15 is 0 Å². The molecular weight excluding hydrogens is 331 g/mol. The maximum atomic E-state index is 13.0. The minimum Gasteiger partial charge on any atom is -0.431 e. The highest BCUT2D eigenvalue weighted by Crippen LogP contribution is 2.36. The molecule has 0 aliphatic carbocycles. The van der Waals surface area contributed by atoms with Crippen molar-refractivity contribution in [1.29, 1.82) is 0 Å². The molecule has 0 saturated heterocycles. The highest BCUT2D eigenvalue weighted by Gasteiger charge is 2.15. The Labute approximate surface area is 141 Å². The van der Waals surface area contributed by atoms with Crippen molar-refractivity contribution in [3.63, 3.8) is 0 Å². The van der Waals surface area contributed by atoms with E-state index in [0.717, 1.165) is 11.1 Å². The van der Waals surface area contributed by atoms with Gasteiger partial charge in [-0.3, -0.25) is 10.1 Å². The normalized spacial score (nSPS) is 12.1. The predicted molar refractivity (Wildman–Crippen MR) is 89.3 cm³/mol. The first kappa shape index (κ1) is 16.2. The van der Waals surface area contributed by atoms with E-state index in [1.54, 1.807) is 30.5 Å². The highest BCUT2D eigenvalue weighted by molar-refractivity contribution is 7.99. The summed E-state index contributed by atoms with van der Waals surface area (Å²) < 4.78 is 18.6. The summed E-state index contributed by atoms with van der Waals surface area (Å²) in [7, 11) is 0. The van der Waals surface area contributed by atoms with E-state index in [0.29, 0.717) is 11.0 Å². The number of non-ortho nitro benzene ring substituents is 1. The van der Waals surface area contributed by atoms with Gasteiger partial charge in [0.15, 0.2) is 5.76 Å². The van der Waals surface area contributed by atoms with Crippen molar-refractivity contribution in [2.24, 2.45) is 0 Å². The van der Waals surface area contributed by atoms with Gasteiger partial charge in [-0.2, -0.15) is 0 Å². The van der Waals surface area contributed by atoms with Gasteiger partial charge in [-0.05, 0) is 36.8 Å². The van der Waals surface area contributed by atoms with Gasteiger partial charge in [0.25, 0.3) is 10.9 Å². The molecule has 3 aromatic rings. The number of thioether (sulfide) groups is 1. The van der Waals surface area contributed by atoms with Crippen LogP contribution >= 0.6 is 11.8 Å². The molecule has 0 fully saturated rings. The van der Waals surface area contributed by atoms with E-state index in [1.165, 1.54) is 30.0 Å². The van der Waals surface area contributed by atoms with Gasteiger partial charge in [0.1, 0.15) is 5.82 Å². The zero-order valence-electron chi connectivity index (χ0n) is 12.7. The van der Waals surface area contributed by atoms with Gasteiger partial charge in [-0.25, -0.2) is 9.37 Å². The topological polar surface area (TPSA) is 69.2 Å². The summed E-state index contributed by atoms with van der Waals surface area (Å²) in [6.45, 7) is 1.92. The fraction of sp³-hybridized carbons (Fsp3) is 0.118. The molecule has 7 heteroatoms. The molecule has 0 aliphatic heterocycles. The number of halogens is 1. The van der Waals surface area contributed by atoms with Crippen molar-refractivity contribution < 1.29 is 13.7 Å². The SMILES string of the molecule is C[C@@H](Sc1ncc(-c2ccc(F)cc2)o1)c1cccc([N+](=O)[O-])c1. The van der Waals surface area contributed by atoms with Gasteiger partial charge < -0.3 is 4.42 Å². The van der Waals surface area contributed by atoms with Gasteiger partial charge in [-0.15, -0.1) is 0 Å². The van der Waals surface area contributed by atoms with E-state index in [4.69, 9.17) is 4.42 Å². The summed E-state index contributed by atoms with van der Waals surface area (Å²) in [5.41, 5.74) is 1.61. The van der Waals surface area contributed by atoms with Crippen LogP contribution in [0.25, 0.3) is 11.3 Å². The van der Waals surface area contributed by atoms with Crippen LogP contribution in [0.1, 0.15) is 17.7 Å². The fourth-order valence-corrected chi connectivity index (χ4v) is 3.01. The zero-order chi connectivity index (χ0) is 17.1. The number of nitro groups is 1. The van der Waals surface area contributed by atoms with Crippen LogP contribution in [-0.2, 0) is 0 Å². The van der Waals surface area contributed by atoms with Crippen LogP contribution in [0.15, 0.2) is 64.4 Å². The minimum absolute atomic E-state index is 0.0550. The van der Waals surface area contributed by atoms with E-state index in [9.17, 15) is 14.5 Å². The van der Waals surface area contributed by atoms with Crippen LogP contribution in [-0.4, -0.2) is 9.91 Å². The average molecular weight is 344 g/mol. The van der Waals surface area contributed by atoms with Gasteiger partial charge in [-0.1, -0.05) is 23.9 Å². The molecule has 3 rings (SSSR count). The number of benzene rings is 2. The van der Waals surface area contributed by atoms with Gasteiger partial charge in [0, 0.05) is 22.9 Å². The molecule has 1 atom stereocenters. The van der Waals surface area contributed by atoms with Crippen LogP contribution in [0, 0.1) is 15.9 Å². The Morgan fingerprint density at radius 1 is 1.25 bits per heavy atom. The first-order valence-electron chi connectivity index (χ1n) is 7.16. The zero-order valence-corrected chi connectivity index (χ0v) is 13.5. The molecule has 2 aromatic carbocycles. The monoisotopic (exact) mass is 344 g/mol. The lowest BCUT2D eigenvalue weighted by atomic mass is 10.1. The first-order valence-corrected chi connectivity index (χ1v) is 8.03. The Morgan fingerprint density at radius 3 is 2.71 bits per heavy atom. The molecule has 122 valence electrons. The molecule has 24 heavy (non-hydrogen) atoms. The van der Waals surface area contributed by atoms with Gasteiger partial charge in [0.2, 0.25) is 0 Å². The second kappa shape index (κ2) is 6.84. The van der Waals surface area contributed by atoms with Crippen LogP contribution in [0.2, 0.25) is 0 Å². The fourth-order valence-electron chi connectivity index (χ4n) is 2.17. The molecule has 0 amide bonds. The third kappa shape index (κ3) is 3.62. The van der Waals surface area contributed by atoms with E-state index in [2.05, 4.69) is 4.98 Å². The average Bonchev–Trinajstić information content (AvgIpc) is 3.04. The third-order valence-corrected chi connectivity index (χ3v) is 4.46. The molecule has 0 spiro atoms. The quantitative estimate of drug-likeness (QED) is 0.359. The molecule has 0 bridgehead atoms. The maximum absolute atomic E-state index is 13.0. The third-order valence-electron chi connectivity index (χ3n) is 3.44. The van der Waals surface area contributed by atoms with Crippen LogP contribution in [0.3, 0.4) is 0 Å². The molecule has 5 nitrogen and oxygen atoms in total. The van der Waals surface area contributed by atoms with Crippen molar-refractivity contribution in [3.8, 4) is 11.3 Å². The highest BCUT2D eigenvalue weighted by atomic mass is 32.2. The molecule has 1 aromatic heterocycles. The minimum atomic E-state index is -0.418. The summed E-state index contributed by atoms with van der Waals surface area (Å²) in [6.07, 6.45) is 1.58. The lowest BCUT2D eigenvalue weighted by Crippen LogP contribution is -1.92. The number of aromatic nitrogens is 1. The molecule has 0 saturated carbocycles. The van der Waals surface area contributed by atoms with E-state index in [1.807, 2.05) is 13.0 Å². The number of nitrogens with zero attached hydrogens (tertiary/aromatic N) is 2. The summed E-state index contributed by atoms with van der Waals surface area (Å²) in [5.74, 6) is 0.232. The Balaban J connectivity index is 1.75. The lowest BCUT2D eigenvalue weighted by molar-refractivity contribution is -0.384. The second-order valence-electron chi connectivity index (χ2n) is 5.11. The number of rotatable bonds is 5. The predicted octanol–water partition coefficient (Wildman–Crippen LogP) is 5.24. The summed E-state index contributed by atoms with van der Waals surface area (Å²) in [5, 5.41) is 11.2. The molecular formula is C17H13FN2O3S. The standard InChI is InChI=1S/C17H13FN2O3S/c1-11(13-3-2-4-15(9-13)20(21)22)24-17-19-10-16(23-17)12-5-7-14(18)8-6-12/h2-11H,1H3/t11-/m1/s1. The van der Waals surface area contributed by atoms with E-state index in [-0.39, 0.29) is 16.8 Å². The number of hydrogen-bond donors (Lipinski definition) is 0. The van der Waals surface area contributed by atoms with Crippen molar-refractivity contribution in [3.05, 3.63) is 76.2 Å². The van der Waals surface area contributed by atoms with Crippen molar-refractivity contribution >= 4 is 17.4 Å². The largest absolute Gasteiger partial charge is 0.431 e. The van der Waals surface area contributed by atoms with Crippen LogP contribution < -0.4 is 0 Å². The smallest absolute Gasteiger partial charge is 0.269 e. The Morgan fingerprint density at radius 2 is 2.00 bits per heavy atom. The molecule has 0 unspecified atom stereocenters. The van der Waals surface area contributed by atoms with Crippen LogP contribution in [0.5, 0.6) is 0 Å². The van der Waals surface area contributed by atoms with Gasteiger partial charge in [0.05, 0.1) is 11.1 Å². The number of hydrogen-bond acceptors (Lipinski definition) is 5. The van der Waals surface area contributed by atoms with Gasteiger partial charge >= 0.3 is 0 Å². The van der Waals surface area contributed by atoms with E-state index < -0.39 is 4.92 Å². The van der Waals surface area contributed by atoms with Crippen LogP contribution in [0.4, 0.5) is 10.1 Å². The molecule has 0 N–H and O–H groups in total. The second-order valence-corrected chi connectivity index (χ2v) is 6.40. The number of oxazole rings is 1. The van der Waals surface area contributed by atoms with Crippen molar-refractivity contribution in [2.45, 2.75) is 17.4 Å². The first-order chi connectivity index (χ1) is 11.5. The Kier molecular flexibility index (Phi) is 4.61. The molecule has 0 aliphatic rings. The summed E-state index contributed by atoms with van der Waals surface area (Å²) in [4.78, 5) is 14.6. The summed E-state index contributed by atoms with van der Waals surface area (Å²) in [6, 6.07) is 12.4. The Hall–Kier alpha value is -2.67. The molecule has 1 heterocycles. The number of nitro benzene ring substituents is 1. The van der Waals surface area contributed by atoms with Crippen molar-refractivity contribution in [2.75, 3.05) is 0 Å². The lowest BCUT2D eigenvalue weighted by Gasteiger charge is -2.08. The Bertz CT molecular complexity index is 864. The summed E-state index contributed by atoms with van der Waals surface area (Å²) >= 11 is 1.36. The molecule has 0 radical (unpaired) electrons.